The Morgan fingerprint density at radius 1 is 0.683 bits per heavy atom. The van der Waals surface area contributed by atoms with Gasteiger partial charge in [-0.25, -0.2) is 0 Å². The topological polar surface area (TPSA) is 12.7 Å². The highest BCUT2D eigenvalue weighted by Crippen LogP contribution is 2.55. The maximum absolute atomic E-state index is 2.66. The average molecular weight is 550 g/mol. The summed E-state index contributed by atoms with van der Waals surface area (Å²) < 4.78 is 7.83. The Morgan fingerprint density at radius 3 is 2.17 bits per heavy atom. The number of pyridine rings is 1. The van der Waals surface area contributed by atoms with Crippen LogP contribution < -0.4 is 9.13 Å². The van der Waals surface area contributed by atoms with Crippen molar-refractivity contribution in [1.82, 2.24) is 4.57 Å². The second-order valence-corrected chi connectivity index (χ2v) is 13.3. The molecule has 0 saturated carbocycles. The first-order valence-corrected chi connectivity index (χ1v) is 15.5. The van der Waals surface area contributed by atoms with Gasteiger partial charge in [0.1, 0.15) is 5.69 Å². The average Bonchev–Trinajstić information content (AvgIpc) is 3.59. The van der Waals surface area contributed by atoms with Crippen LogP contribution in [0.25, 0.3) is 33.7 Å². The Bertz CT molecular complexity index is 2030. The normalized spacial score (nSPS) is 17.2. The molecule has 1 spiro atoms. The Kier molecular flexibility index (Phi) is 4.58. The van der Waals surface area contributed by atoms with E-state index in [1.165, 1.54) is 71.5 Å². The van der Waals surface area contributed by atoms with Crippen molar-refractivity contribution in [3.05, 3.63) is 131 Å². The van der Waals surface area contributed by atoms with Crippen LogP contribution in [0.1, 0.15) is 67.6 Å². The zero-order chi connectivity index (χ0) is 27.6. The molecule has 5 heterocycles. The van der Waals surface area contributed by atoms with E-state index >= 15 is 0 Å². The number of hydrogen-bond acceptors (Lipinski definition) is 1. The highest BCUT2D eigenvalue weighted by Gasteiger charge is 2.68. The van der Waals surface area contributed by atoms with Crippen LogP contribution in [0.4, 0.5) is 0 Å². The smallest absolute Gasteiger partial charge is 0.184 e. The summed E-state index contributed by atoms with van der Waals surface area (Å²) in [5.41, 5.74) is 12.8. The van der Waals surface area contributed by atoms with E-state index < -0.39 is 5.54 Å². The molecule has 2 aromatic heterocycles. The van der Waals surface area contributed by atoms with E-state index in [4.69, 9.17) is 0 Å². The van der Waals surface area contributed by atoms with E-state index in [0.29, 0.717) is 11.8 Å². The third-order valence-electron chi connectivity index (χ3n) is 9.40. The van der Waals surface area contributed by atoms with Crippen LogP contribution in [0.5, 0.6) is 0 Å². The summed E-state index contributed by atoms with van der Waals surface area (Å²) in [5, 5.41) is 0. The first-order chi connectivity index (χ1) is 20.0. The lowest BCUT2D eigenvalue weighted by Crippen LogP contribution is -2.57. The number of hydrogen-bond donors (Lipinski definition) is 0. The van der Waals surface area contributed by atoms with E-state index in [0.717, 1.165) is 0 Å². The predicted molar refractivity (Wildman–Crippen MR) is 164 cm³/mol. The number of imidazole rings is 1. The third kappa shape index (κ3) is 2.68. The summed E-state index contributed by atoms with van der Waals surface area (Å²) >= 11 is 1.91. The van der Waals surface area contributed by atoms with Crippen molar-refractivity contribution in [3.8, 4) is 22.6 Å². The van der Waals surface area contributed by atoms with Gasteiger partial charge in [-0.05, 0) is 48.2 Å². The van der Waals surface area contributed by atoms with Crippen LogP contribution in [0.2, 0.25) is 0 Å². The molecular formula is C37H31N3S+2. The molecule has 4 heteroatoms. The Morgan fingerprint density at radius 2 is 1.37 bits per heavy atom. The molecule has 0 N–H and O–H groups in total. The summed E-state index contributed by atoms with van der Waals surface area (Å²) in [6.07, 6.45) is 2.30. The molecule has 0 amide bonds. The molecular weight excluding hydrogens is 518 g/mol. The lowest BCUT2D eigenvalue weighted by Gasteiger charge is -2.22. The maximum Gasteiger partial charge on any atom is 0.352 e. The van der Waals surface area contributed by atoms with E-state index in [1.54, 1.807) is 0 Å². The molecule has 0 fully saturated rings. The van der Waals surface area contributed by atoms with Gasteiger partial charge in [-0.2, -0.15) is 13.7 Å². The van der Waals surface area contributed by atoms with Gasteiger partial charge in [0, 0.05) is 23.3 Å². The van der Waals surface area contributed by atoms with Gasteiger partial charge in [0.25, 0.3) is 0 Å². The zero-order valence-corrected chi connectivity index (χ0v) is 24.5. The Labute approximate surface area is 244 Å². The largest absolute Gasteiger partial charge is 0.352 e. The third-order valence-corrected chi connectivity index (χ3v) is 10.5. The Balaban J connectivity index is 1.58. The van der Waals surface area contributed by atoms with Crippen LogP contribution in [0.15, 0.2) is 113 Å². The zero-order valence-electron chi connectivity index (χ0n) is 23.7. The number of para-hydroxylation sites is 3. The standard InChI is InChI=1S/C37H31N3S/c1-22(2)24-13-9-14-25(23(3)4)33(24)39-30-18-11-20-32-35(30)40-34-28(16-10-19-31(34)41-32)37(36(39)40)27-15-6-5-12-26(27)29-17-7-8-21-38(29)37/h5-23H,1-4H3/q+2. The molecule has 0 saturated heterocycles. The summed E-state index contributed by atoms with van der Waals surface area (Å²) in [5.74, 6) is 2.08. The van der Waals surface area contributed by atoms with Crippen LogP contribution in [0.3, 0.4) is 0 Å². The van der Waals surface area contributed by atoms with Gasteiger partial charge >= 0.3 is 11.4 Å². The molecule has 6 aromatic rings. The summed E-state index contributed by atoms with van der Waals surface area (Å²) in [6.45, 7) is 9.33. The SMILES string of the molecule is CC(C)c1cccc(C(C)C)c1-n1c2[n+]3c4c(cccc41)Sc1cccc(c1-3)C21c2ccccc2-c2cccc[n+]21. The highest BCUT2D eigenvalue weighted by atomic mass is 32.2. The number of benzene rings is 4. The summed E-state index contributed by atoms with van der Waals surface area (Å²) in [4.78, 5) is 2.65. The summed E-state index contributed by atoms with van der Waals surface area (Å²) in [6, 6.07) is 36.5. The van der Waals surface area contributed by atoms with Gasteiger partial charge in [0.05, 0.1) is 26.5 Å². The van der Waals surface area contributed by atoms with Crippen molar-refractivity contribution < 1.29 is 9.13 Å². The molecule has 0 aliphatic carbocycles. The minimum atomic E-state index is -0.502. The van der Waals surface area contributed by atoms with E-state index in [9.17, 15) is 0 Å². The van der Waals surface area contributed by atoms with Crippen molar-refractivity contribution in [3.63, 3.8) is 0 Å². The van der Waals surface area contributed by atoms with Crippen molar-refractivity contribution in [2.24, 2.45) is 0 Å². The molecule has 0 radical (unpaired) electrons. The second kappa shape index (κ2) is 7.98. The van der Waals surface area contributed by atoms with Crippen molar-refractivity contribution in [2.75, 3.05) is 0 Å². The first kappa shape index (κ1) is 23.5. The lowest BCUT2D eigenvalue weighted by atomic mass is 9.82. The molecule has 198 valence electrons. The second-order valence-electron chi connectivity index (χ2n) is 12.2. The Hall–Kier alpha value is -4.15. The monoisotopic (exact) mass is 549 g/mol. The van der Waals surface area contributed by atoms with Gasteiger partial charge in [-0.3, -0.25) is 0 Å². The lowest BCUT2D eigenvalue weighted by molar-refractivity contribution is -0.733. The fraction of sp³-hybridized carbons (Fsp3) is 0.189. The molecule has 3 nitrogen and oxygen atoms in total. The van der Waals surface area contributed by atoms with Crippen LogP contribution in [0, 0.1) is 0 Å². The van der Waals surface area contributed by atoms with Crippen molar-refractivity contribution >= 4 is 22.8 Å². The minimum absolute atomic E-state index is 0.385. The van der Waals surface area contributed by atoms with Crippen molar-refractivity contribution in [2.45, 2.75) is 54.9 Å². The van der Waals surface area contributed by atoms with Gasteiger partial charge < -0.3 is 0 Å². The quantitative estimate of drug-likeness (QED) is 0.203. The summed E-state index contributed by atoms with van der Waals surface area (Å²) in [7, 11) is 0. The number of nitrogens with zero attached hydrogens (tertiary/aromatic N) is 3. The number of aromatic nitrogens is 3. The molecule has 1 unspecified atom stereocenters. The fourth-order valence-electron chi connectivity index (χ4n) is 7.83. The molecule has 9 rings (SSSR count). The van der Waals surface area contributed by atoms with Crippen molar-refractivity contribution in [1.29, 1.82) is 0 Å². The highest BCUT2D eigenvalue weighted by molar-refractivity contribution is 7.99. The maximum atomic E-state index is 2.66. The van der Waals surface area contributed by atoms with Crippen LogP contribution in [-0.2, 0) is 5.54 Å². The van der Waals surface area contributed by atoms with Crippen LogP contribution in [-0.4, -0.2) is 4.57 Å². The van der Waals surface area contributed by atoms with E-state index in [-0.39, 0.29) is 0 Å². The molecule has 41 heavy (non-hydrogen) atoms. The molecule has 3 aliphatic heterocycles. The molecule has 4 aromatic carbocycles. The fourth-order valence-corrected chi connectivity index (χ4v) is 8.95. The van der Waals surface area contributed by atoms with E-state index in [1.807, 2.05) is 11.8 Å². The van der Waals surface area contributed by atoms with Gasteiger partial charge in [0.15, 0.2) is 22.9 Å². The molecule has 1 atom stereocenters. The van der Waals surface area contributed by atoms with Crippen LogP contribution >= 0.6 is 11.8 Å². The van der Waals surface area contributed by atoms with Gasteiger partial charge in [0.2, 0.25) is 5.69 Å². The first-order valence-electron chi connectivity index (χ1n) is 14.7. The molecule has 3 aliphatic rings. The van der Waals surface area contributed by atoms with Gasteiger partial charge in [-0.15, -0.1) is 0 Å². The number of fused-ring (bicyclic) bond motifs is 7. The van der Waals surface area contributed by atoms with E-state index in [2.05, 4.69) is 145 Å². The van der Waals surface area contributed by atoms with Gasteiger partial charge in [-0.1, -0.05) is 88.0 Å². The number of rotatable bonds is 3. The predicted octanol–water partition coefficient (Wildman–Crippen LogP) is 8.04. The molecule has 0 bridgehead atoms. The minimum Gasteiger partial charge on any atom is -0.184 e.